The Bertz CT molecular complexity index is 1040. The Labute approximate surface area is 178 Å². The first-order chi connectivity index (χ1) is 14.4. The van der Waals surface area contributed by atoms with E-state index in [9.17, 15) is 14.0 Å². The fourth-order valence-electron chi connectivity index (χ4n) is 2.94. The molecule has 0 fully saturated rings. The summed E-state index contributed by atoms with van der Waals surface area (Å²) in [5.74, 6) is -0.731. The maximum atomic E-state index is 13.3. The molecule has 1 aromatic heterocycles. The molecule has 1 heterocycles. The summed E-state index contributed by atoms with van der Waals surface area (Å²) in [5, 5.41) is 3.13. The van der Waals surface area contributed by atoms with E-state index in [1.807, 2.05) is 26.0 Å². The van der Waals surface area contributed by atoms with Crippen molar-refractivity contribution in [1.82, 2.24) is 0 Å². The Morgan fingerprint density at radius 2 is 1.70 bits per heavy atom. The van der Waals surface area contributed by atoms with Crippen LogP contribution in [-0.2, 0) is 9.53 Å². The molecule has 2 aromatic carbocycles. The minimum Gasteiger partial charge on any atom is -0.484 e. The molecule has 5 nitrogen and oxygen atoms in total. The molecule has 0 radical (unpaired) electrons. The van der Waals surface area contributed by atoms with Crippen LogP contribution in [0.3, 0.4) is 0 Å². The highest BCUT2D eigenvalue weighted by molar-refractivity contribution is 7.17. The number of halogens is 1. The Morgan fingerprint density at radius 3 is 2.33 bits per heavy atom. The molecule has 0 unspecified atom stereocenters. The number of benzene rings is 2. The maximum Gasteiger partial charge on any atom is 0.341 e. The Hall–Kier alpha value is -3.19. The average molecular weight is 427 g/mol. The number of hydrogen-bond acceptors (Lipinski definition) is 5. The molecule has 156 valence electrons. The Kier molecular flexibility index (Phi) is 6.84. The summed E-state index contributed by atoms with van der Waals surface area (Å²) >= 11 is 1.26. The van der Waals surface area contributed by atoms with Crippen molar-refractivity contribution in [3.8, 4) is 16.9 Å². The van der Waals surface area contributed by atoms with Crippen molar-refractivity contribution in [2.24, 2.45) is 0 Å². The standard InChI is InChI=1S/C23H22FNO4S/c1-4-28-23(27)21-20(16-7-9-17(24)10-8-16)15(3)30-22(21)25-19(26)13-29-18-11-5-14(2)6-12-18/h5-12H,4,13H2,1-3H3,(H,25,26). The van der Waals surface area contributed by atoms with Gasteiger partial charge in [0, 0.05) is 10.4 Å². The minimum absolute atomic E-state index is 0.195. The molecule has 3 rings (SSSR count). The van der Waals surface area contributed by atoms with E-state index in [0.717, 1.165) is 10.4 Å². The molecular weight excluding hydrogens is 405 g/mol. The van der Waals surface area contributed by atoms with Gasteiger partial charge in [0.2, 0.25) is 0 Å². The summed E-state index contributed by atoms with van der Waals surface area (Å²) in [6.07, 6.45) is 0. The fourth-order valence-corrected chi connectivity index (χ4v) is 4.02. The van der Waals surface area contributed by atoms with Crippen molar-refractivity contribution in [1.29, 1.82) is 0 Å². The molecule has 7 heteroatoms. The number of carbonyl (C=O) groups excluding carboxylic acids is 2. The van der Waals surface area contributed by atoms with E-state index in [-0.39, 0.29) is 24.6 Å². The first-order valence-electron chi connectivity index (χ1n) is 9.44. The second-order valence-electron chi connectivity index (χ2n) is 6.61. The summed E-state index contributed by atoms with van der Waals surface area (Å²) in [4.78, 5) is 25.9. The van der Waals surface area contributed by atoms with Crippen molar-refractivity contribution >= 4 is 28.2 Å². The maximum absolute atomic E-state index is 13.3. The zero-order valence-electron chi connectivity index (χ0n) is 17.0. The topological polar surface area (TPSA) is 64.6 Å². The molecule has 0 saturated heterocycles. The van der Waals surface area contributed by atoms with Crippen molar-refractivity contribution in [3.05, 3.63) is 70.4 Å². The molecule has 0 aliphatic carbocycles. The minimum atomic E-state index is -0.545. The summed E-state index contributed by atoms with van der Waals surface area (Å²) in [6, 6.07) is 13.2. The number of hydrogen-bond donors (Lipinski definition) is 1. The summed E-state index contributed by atoms with van der Waals surface area (Å²) in [5.41, 5.74) is 2.64. The smallest absolute Gasteiger partial charge is 0.341 e. The van der Waals surface area contributed by atoms with Crippen LogP contribution >= 0.6 is 11.3 Å². The molecular formula is C23H22FNO4S. The van der Waals surface area contributed by atoms with Crippen LogP contribution in [0.2, 0.25) is 0 Å². The largest absolute Gasteiger partial charge is 0.484 e. The zero-order valence-corrected chi connectivity index (χ0v) is 17.8. The van der Waals surface area contributed by atoms with Gasteiger partial charge in [0.15, 0.2) is 6.61 Å². The molecule has 1 N–H and O–H groups in total. The van der Waals surface area contributed by atoms with Gasteiger partial charge in [0.25, 0.3) is 5.91 Å². The van der Waals surface area contributed by atoms with E-state index in [0.29, 0.717) is 21.9 Å². The molecule has 3 aromatic rings. The first-order valence-corrected chi connectivity index (χ1v) is 10.3. The van der Waals surface area contributed by atoms with E-state index < -0.39 is 11.9 Å². The average Bonchev–Trinajstić information content (AvgIpc) is 3.04. The number of ether oxygens (including phenoxy) is 2. The van der Waals surface area contributed by atoms with E-state index in [2.05, 4.69) is 5.32 Å². The monoisotopic (exact) mass is 427 g/mol. The van der Waals surface area contributed by atoms with Crippen LogP contribution in [0, 0.1) is 19.7 Å². The lowest BCUT2D eigenvalue weighted by atomic mass is 10.0. The number of thiophene rings is 1. The van der Waals surface area contributed by atoms with Gasteiger partial charge in [-0.05, 0) is 50.6 Å². The van der Waals surface area contributed by atoms with Gasteiger partial charge in [0.05, 0.1) is 6.61 Å². The van der Waals surface area contributed by atoms with Gasteiger partial charge >= 0.3 is 5.97 Å². The molecule has 0 aliphatic rings. The molecule has 0 atom stereocenters. The van der Waals surface area contributed by atoms with Crippen LogP contribution in [0.5, 0.6) is 5.75 Å². The van der Waals surface area contributed by atoms with Crippen LogP contribution in [0.4, 0.5) is 9.39 Å². The van der Waals surface area contributed by atoms with Gasteiger partial charge in [-0.25, -0.2) is 9.18 Å². The fraction of sp³-hybridized carbons (Fsp3) is 0.217. The van der Waals surface area contributed by atoms with Gasteiger partial charge in [-0.3, -0.25) is 4.79 Å². The van der Waals surface area contributed by atoms with E-state index in [1.54, 1.807) is 31.2 Å². The van der Waals surface area contributed by atoms with E-state index >= 15 is 0 Å². The van der Waals surface area contributed by atoms with Crippen LogP contribution in [-0.4, -0.2) is 25.1 Å². The molecule has 0 saturated carbocycles. The van der Waals surface area contributed by atoms with Crippen molar-refractivity contribution in [2.75, 3.05) is 18.5 Å². The predicted octanol–water partition coefficient (Wildman–Crippen LogP) is 5.37. The van der Waals surface area contributed by atoms with Crippen LogP contribution in [0.15, 0.2) is 48.5 Å². The lowest BCUT2D eigenvalue weighted by molar-refractivity contribution is -0.118. The zero-order chi connectivity index (χ0) is 21.7. The van der Waals surface area contributed by atoms with Gasteiger partial charge < -0.3 is 14.8 Å². The summed E-state index contributed by atoms with van der Waals surface area (Å²) < 4.78 is 24.1. The van der Waals surface area contributed by atoms with Gasteiger partial charge in [0.1, 0.15) is 22.1 Å². The van der Waals surface area contributed by atoms with Crippen LogP contribution < -0.4 is 10.1 Å². The second kappa shape index (κ2) is 9.54. The number of esters is 1. The predicted molar refractivity (Wildman–Crippen MR) is 116 cm³/mol. The summed E-state index contributed by atoms with van der Waals surface area (Å²) in [7, 11) is 0. The highest BCUT2D eigenvalue weighted by Gasteiger charge is 2.25. The highest BCUT2D eigenvalue weighted by Crippen LogP contribution is 2.40. The first kappa shape index (κ1) is 21.5. The van der Waals surface area contributed by atoms with Gasteiger partial charge in [-0.2, -0.15) is 0 Å². The number of rotatable bonds is 7. The summed E-state index contributed by atoms with van der Waals surface area (Å²) in [6.45, 7) is 5.51. The van der Waals surface area contributed by atoms with Crippen LogP contribution in [0.25, 0.3) is 11.1 Å². The van der Waals surface area contributed by atoms with E-state index in [4.69, 9.17) is 9.47 Å². The van der Waals surface area contributed by atoms with Gasteiger partial charge in [-0.1, -0.05) is 29.8 Å². The number of anilines is 1. The molecule has 1 amide bonds. The van der Waals surface area contributed by atoms with Gasteiger partial charge in [-0.15, -0.1) is 11.3 Å². The number of carbonyl (C=O) groups is 2. The SMILES string of the molecule is CCOC(=O)c1c(NC(=O)COc2ccc(C)cc2)sc(C)c1-c1ccc(F)cc1. The van der Waals surface area contributed by atoms with Crippen molar-refractivity contribution < 1.29 is 23.5 Å². The molecule has 0 spiro atoms. The second-order valence-corrected chi connectivity index (χ2v) is 7.84. The molecule has 30 heavy (non-hydrogen) atoms. The van der Waals surface area contributed by atoms with Crippen molar-refractivity contribution in [3.63, 3.8) is 0 Å². The Balaban J connectivity index is 1.85. The quantitative estimate of drug-likeness (QED) is 0.515. The molecule has 0 aliphatic heterocycles. The van der Waals surface area contributed by atoms with E-state index in [1.165, 1.54) is 23.5 Å². The third-order valence-corrected chi connectivity index (χ3v) is 5.36. The third kappa shape index (κ3) is 5.04. The number of amides is 1. The Morgan fingerprint density at radius 1 is 1.03 bits per heavy atom. The lowest BCUT2D eigenvalue weighted by Gasteiger charge is -2.10. The normalized spacial score (nSPS) is 10.5. The molecule has 0 bridgehead atoms. The highest BCUT2D eigenvalue weighted by atomic mass is 32.1. The van der Waals surface area contributed by atoms with Crippen LogP contribution in [0.1, 0.15) is 27.7 Å². The number of nitrogens with one attached hydrogen (secondary N) is 1. The van der Waals surface area contributed by atoms with Crippen molar-refractivity contribution in [2.45, 2.75) is 20.8 Å². The third-order valence-electron chi connectivity index (χ3n) is 4.34. The number of aryl methyl sites for hydroxylation is 2. The lowest BCUT2D eigenvalue weighted by Crippen LogP contribution is -2.21.